The summed E-state index contributed by atoms with van der Waals surface area (Å²) >= 11 is 0. The molecule has 390 valence electrons. The van der Waals surface area contributed by atoms with Crippen molar-refractivity contribution in [3.8, 4) is 11.5 Å². The monoisotopic (exact) mass is 981 g/mol. The molecule has 5 aliphatic heterocycles. The molecule has 1 aliphatic carbocycles. The van der Waals surface area contributed by atoms with E-state index in [1.54, 1.807) is 0 Å². The number of epoxide rings is 2. The van der Waals surface area contributed by atoms with Crippen LogP contribution in [0.15, 0.2) is 48.5 Å². The standard InChI is InChI=1S/C54H80N2O14/c1-37(40-17-21-42(22-18-40)59-29-44-31-61-44)67-55-49(3,4)35-54(36-50(55,5)6)65-34-46(66-54)33-64-48(58)16-14-12-11-13-15-47(57)63-28-39-25-26-53(27-39)69-51(7,8)56(52(9,10)70-53)68-38(2)41-19-23-43(24-20-41)60-30-45-32-62-45/h17-24,37-39,44-46H,11-16,25-36H2,1-10H3. The Morgan fingerprint density at radius 3 is 1.56 bits per heavy atom. The molecule has 1 saturated carbocycles. The first-order valence-electron chi connectivity index (χ1n) is 25.8. The first kappa shape index (κ1) is 52.9. The Labute approximate surface area is 415 Å². The second kappa shape index (κ2) is 21.6. The number of rotatable bonds is 23. The van der Waals surface area contributed by atoms with Crippen molar-refractivity contribution >= 4 is 11.9 Å². The van der Waals surface area contributed by atoms with Crippen molar-refractivity contribution in [1.82, 2.24) is 10.1 Å². The van der Waals surface area contributed by atoms with Crippen LogP contribution < -0.4 is 9.47 Å². The van der Waals surface area contributed by atoms with Crippen molar-refractivity contribution in [2.45, 2.75) is 204 Å². The highest BCUT2D eigenvalue weighted by Gasteiger charge is 2.59. The largest absolute Gasteiger partial charge is 0.491 e. The van der Waals surface area contributed by atoms with Gasteiger partial charge in [-0.1, -0.05) is 37.1 Å². The van der Waals surface area contributed by atoms with E-state index in [4.69, 9.17) is 57.0 Å². The van der Waals surface area contributed by atoms with Gasteiger partial charge >= 0.3 is 11.9 Å². The van der Waals surface area contributed by atoms with Crippen LogP contribution in [0.1, 0.15) is 163 Å². The maximum Gasteiger partial charge on any atom is 0.305 e. The Kier molecular flexibility index (Phi) is 16.3. The molecule has 8 rings (SSSR count). The molecular formula is C54H80N2O14. The summed E-state index contributed by atoms with van der Waals surface area (Å²) in [4.78, 5) is 38.7. The van der Waals surface area contributed by atoms with Crippen molar-refractivity contribution in [1.29, 1.82) is 0 Å². The van der Waals surface area contributed by atoms with Crippen LogP contribution >= 0.6 is 0 Å². The molecular weight excluding hydrogens is 901 g/mol. The molecule has 70 heavy (non-hydrogen) atoms. The second-order valence-corrected chi connectivity index (χ2v) is 22.6. The number of hydrogen-bond donors (Lipinski definition) is 0. The van der Waals surface area contributed by atoms with Crippen molar-refractivity contribution in [3.05, 3.63) is 59.7 Å². The number of unbranched alkanes of at least 4 members (excludes halogenated alkanes) is 3. The van der Waals surface area contributed by atoms with Crippen molar-refractivity contribution in [2.75, 3.05) is 46.2 Å². The fraction of sp³-hybridized carbons (Fsp3) is 0.741. The molecule has 2 aromatic carbocycles. The minimum Gasteiger partial charge on any atom is -0.491 e. The van der Waals surface area contributed by atoms with E-state index in [0.717, 1.165) is 55.1 Å². The summed E-state index contributed by atoms with van der Waals surface area (Å²) in [5.74, 6) is -0.342. The van der Waals surface area contributed by atoms with Crippen LogP contribution in [0.3, 0.4) is 0 Å². The van der Waals surface area contributed by atoms with Crippen LogP contribution in [0, 0.1) is 5.92 Å². The molecule has 2 spiro atoms. The van der Waals surface area contributed by atoms with Gasteiger partial charge in [0.15, 0.2) is 11.6 Å². The quantitative estimate of drug-likeness (QED) is 0.0589. The summed E-state index contributed by atoms with van der Waals surface area (Å²) in [5.41, 5.74) is -0.372. The molecule has 6 unspecified atom stereocenters. The van der Waals surface area contributed by atoms with Crippen LogP contribution in [0.25, 0.3) is 0 Å². The maximum absolute atomic E-state index is 12.8. The normalized spacial score (nSPS) is 27.7. The number of piperidine rings is 1. The first-order chi connectivity index (χ1) is 33.1. The topological polar surface area (TPSA) is 158 Å². The molecule has 0 N–H and O–H groups in total. The Morgan fingerprint density at radius 2 is 1.07 bits per heavy atom. The fourth-order valence-corrected chi connectivity index (χ4v) is 11.1. The molecule has 16 nitrogen and oxygen atoms in total. The van der Waals surface area contributed by atoms with Gasteiger partial charge < -0.3 is 47.4 Å². The zero-order valence-electron chi connectivity index (χ0n) is 43.4. The number of hydrogen-bond acceptors (Lipinski definition) is 16. The highest BCUT2D eigenvalue weighted by molar-refractivity contribution is 5.69. The lowest BCUT2D eigenvalue weighted by atomic mass is 9.78. The van der Waals surface area contributed by atoms with E-state index in [1.807, 2.05) is 88.2 Å². The minimum absolute atomic E-state index is 0.121. The van der Waals surface area contributed by atoms with Gasteiger partial charge in [0.2, 0.25) is 0 Å². The number of esters is 2. The lowest BCUT2D eigenvalue weighted by Gasteiger charge is -2.57. The van der Waals surface area contributed by atoms with E-state index in [0.29, 0.717) is 77.8 Å². The molecule has 6 fully saturated rings. The van der Waals surface area contributed by atoms with Crippen LogP contribution in [-0.4, -0.2) is 121 Å². The number of hydroxylamine groups is 4. The zero-order chi connectivity index (χ0) is 50.0. The van der Waals surface area contributed by atoms with Gasteiger partial charge in [-0.05, 0) is 130 Å². The number of carbonyl (C=O) groups is 2. The summed E-state index contributed by atoms with van der Waals surface area (Å²) in [6.45, 7) is 24.1. The van der Waals surface area contributed by atoms with E-state index >= 15 is 0 Å². The molecule has 2 aromatic rings. The van der Waals surface area contributed by atoms with Gasteiger partial charge in [0.1, 0.15) is 73.3 Å². The maximum atomic E-state index is 12.8. The average molecular weight is 981 g/mol. The fourth-order valence-electron chi connectivity index (χ4n) is 11.1. The summed E-state index contributed by atoms with van der Waals surface area (Å²) in [7, 11) is 0. The number of benzene rings is 2. The Hall–Kier alpha value is -3.42. The van der Waals surface area contributed by atoms with E-state index in [9.17, 15) is 9.59 Å². The molecule has 16 heteroatoms. The highest BCUT2D eigenvalue weighted by Crippen LogP contribution is 2.51. The molecule has 6 atom stereocenters. The predicted octanol–water partition coefficient (Wildman–Crippen LogP) is 9.44. The lowest BCUT2D eigenvalue weighted by Crippen LogP contribution is -2.68. The van der Waals surface area contributed by atoms with E-state index in [-0.39, 0.29) is 55.0 Å². The average Bonchev–Trinajstić information content (AvgIpc) is 4.23. The number of ether oxygens (including phenoxy) is 10. The SMILES string of the molecule is CC(ON1C(C)(C)CC2(CC1(C)C)OCC(COC(=O)CCCCCCC(=O)OCC1CCC3(C1)OC(C)(C)N(OC(C)c1ccc(OCC4CO4)cc1)C(C)(C)O3)O2)c1ccc(OCC2CO2)cc1. The number of nitrogens with zero attached hydrogens (tertiary/aromatic N) is 2. The number of carbonyl (C=O) groups excluding carboxylic acids is 2. The van der Waals surface area contributed by atoms with Crippen molar-refractivity contribution in [3.63, 3.8) is 0 Å². The van der Waals surface area contributed by atoms with Crippen LogP contribution in [0.4, 0.5) is 0 Å². The molecule has 5 saturated heterocycles. The van der Waals surface area contributed by atoms with Gasteiger partial charge in [-0.3, -0.25) is 19.3 Å². The van der Waals surface area contributed by atoms with Gasteiger partial charge in [-0.2, -0.15) is 5.06 Å². The summed E-state index contributed by atoms with van der Waals surface area (Å²) < 4.78 is 59.9. The smallest absolute Gasteiger partial charge is 0.305 e. The third-order valence-electron chi connectivity index (χ3n) is 14.1. The van der Waals surface area contributed by atoms with Gasteiger partial charge in [0.25, 0.3) is 0 Å². The highest BCUT2D eigenvalue weighted by atomic mass is 16.8. The van der Waals surface area contributed by atoms with Gasteiger partial charge in [-0.25, -0.2) is 0 Å². The summed E-state index contributed by atoms with van der Waals surface area (Å²) in [6.07, 6.45) is 6.59. The Morgan fingerprint density at radius 1 is 0.600 bits per heavy atom. The second-order valence-electron chi connectivity index (χ2n) is 22.6. The van der Waals surface area contributed by atoms with Crippen LogP contribution in [0.2, 0.25) is 0 Å². The summed E-state index contributed by atoms with van der Waals surface area (Å²) in [6, 6.07) is 16.0. The van der Waals surface area contributed by atoms with E-state index < -0.39 is 34.1 Å². The van der Waals surface area contributed by atoms with Gasteiger partial charge in [-0.15, -0.1) is 5.06 Å². The van der Waals surface area contributed by atoms with Crippen molar-refractivity contribution in [2.24, 2.45) is 5.92 Å². The third kappa shape index (κ3) is 13.8. The third-order valence-corrected chi connectivity index (χ3v) is 14.1. The molecule has 0 aromatic heterocycles. The zero-order valence-corrected chi connectivity index (χ0v) is 43.4. The molecule has 6 aliphatic rings. The lowest BCUT2D eigenvalue weighted by molar-refractivity contribution is -0.508. The van der Waals surface area contributed by atoms with Gasteiger partial charge in [0.05, 0.1) is 26.4 Å². The minimum atomic E-state index is -0.808. The van der Waals surface area contributed by atoms with E-state index in [2.05, 4.69) is 39.7 Å². The van der Waals surface area contributed by atoms with E-state index in [1.165, 1.54) is 0 Å². The predicted molar refractivity (Wildman–Crippen MR) is 257 cm³/mol. The van der Waals surface area contributed by atoms with Crippen molar-refractivity contribution < 1.29 is 66.6 Å². The Bertz CT molecular complexity index is 1870. The molecule has 0 bridgehead atoms. The molecule has 5 heterocycles. The van der Waals surface area contributed by atoms with Crippen LogP contribution in [0.5, 0.6) is 11.5 Å². The summed E-state index contributed by atoms with van der Waals surface area (Å²) in [5, 5.41) is 3.91. The Balaban J connectivity index is 0.679. The van der Waals surface area contributed by atoms with Gasteiger partial charge in [0, 0.05) is 49.6 Å². The molecule has 0 radical (unpaired) electrons. The van der Waals surface area contributed by atoms with Crippen LogP contribution in [-0.2, 0) is 57.2 Å². The molecule has 0 amide bonds. The first-order valence-corrected chi connectivity index (χ1v) is 25.8.